The lowest BCUT2D eigenvalue weighted by molar-refractivity contribution is 0.427. The van der Waals surface area contributed by atoms with Crippen LogP contribution in [0.5, 0.6) is 0 Å². The molecule has 2 rings (SSSR count). The van der Waals surface area contributed by atoms with E-state index in [1.165, 1.54) is 32.1 Å². The Labute approximate surface area is 90.9 Å². The molecule has 1 unspecified atom stereocenters. The predicted octanol–water partition coefficient (Wildman–Crippen LogP) is 1.88. The third-order valence-corrected chi connectivity index (χ3v) is 3.19. The Balaban J connectivity index is 2.17. The van der Waals surface area contributed by atoms with Crippen molar-refractivity contribution < 1.29 is 0 Å². The van der Waals surface area contributed by atoms with E-state index in [1.54, 1.807) is 0 Å². The number of hydrogen-bond donors (Lipinski definition) is 1. The van der Waals surface area contributed by atoms with E-state index in [1.807, 2.05) is 18.7 Å². The average molecular weight is 208 g/mol. The summed E-state index contributed by atoms with van der Waals surface area (Å²) in [5.74, 6) is 2.47. The van der Waals surface area contributed by atoms with Gasteiger partial charge in [-0.15, -0.1) is 0 Å². The van der Waals surface area contributed by atoms with Gasteiger partial charge in [0.15, 0.2) is 5.82 Å². The topological polar surface area (TPSA) is 56.7 Å². The van der Waals surface area contributed by atoms with Crippen LogP contribution in [0.1, 0.15) is 62.6 Å². The van der Waals surface area contributed by atoms with E-state index in [0.717, 1.165) is 11.6 Å². The molecular weight excluding hydrogens is 188 g/mol. The largest absolute Gasteiger partial charge is 0.322 e. The van der Waals surface area contributed by atoms with E-state index in [-0.39, 0.29) is 6.04 Å². The fraction of sp³-hybridized carbons (Fsp3) is 0.818. The van der Waals surface area contributed by atoms with Crippen LogP contribution < -0.4 is 5.73 Å². The Morgan fingerprint density at radius 2 is 2.00 bits per heavy atom. The highest BCUT2D eigenvalue weighted by Crippen LogP contribution is 2.30. The van der Waals surface area contributed by atoms with Crippen LogP contribution in [0.25, 0.3) is 0 Å². The molecule has 1 aromatic rings. The fourth-order valence-corrected chi connectivity index (χ4v) is 2.35. The number of nitrogens with zero attached hydrogens (tertiary/aromatic N) is 3. The van der Waals surface area contributed by atoms with E-state index in [4.69, 9.17) is 5.73 Å². The highest BCUT2D eigenvalue weighted by Gasteiger charge is 2.21. The van der Waals surface area contributed by atoms with Crippen LogP contribution in [0.4, 0.5) is 0 Å². The van der Waals surface area contributed by atoms with Crippen molar-refractivity contribution in [3.8, 4) is 0 Å². The summed E-state index contributed by atoms with van der Waals surface area (Å²) in [6, 6.07) is -0.0279. The molecule has 84 valence electrons. The monoisotopic (exact) mass is 208 g/mol. The predicted molar refractivity (Wildman–Crippen MR) is 59.4 cm³/mol. The Morgan fingerprint density at radius 1 is 1.33 bits per heavy atom. The summed E-state index contributed by atoms with van der Waals surface area (Å²) in [5.41, 5.74) is 5.83. The van der Waals surface area contributed by atoms with Crippen LogP contribution in [0.2, 0.25) is 0 Å². The zero-order chi connectivity index (χ0) is 10.8. The van der Waals surface area contributed by atoms with Crippen LogP contribution >= 0.6 is 0 Å². The average Bonchev–Trinajstić information content (AvgIpc) is 2.62. The Bertz CT molecular complexity index is 323. The Kier molecular flexibility index (Phi) is 3.05. The molecule has 0 amide bonds. The van der Waals surface area contributed by atoms with Crippen molar-refractivity contribution in [3.63, 3.8) is 0 Å². The highest BCUT2D eigenvalue weighted by atomic mass is 15.3. The normalized spacial score (nSPS) is 20.5. The maximum absolute atomic E-state index is 5.83. The molecule has 1 aromatic heterocycles. The molecule has 2 N–H and O–H groups in total. The van der Waals surface area contributed by atoms with Crippen LogP contribution in [-0.4, -0.2) is 14.8 Å². The minimum atomic E-state index is -0.0279. The molecule has 4 heteroatoms. The number of nitrogens with two attached hydrogens (primary N) is 1. The van der Waals surface area contributed by atoms with E-state index in [2.05, 4.69) is 10.1 Å². The van der Waals surface area contributed by atoms with Gasteiger partial charge in [-0.2, -0.15) is 5.10 Å². The molecule has 15 heavy (non-hydrogen) atoms. The van der Waals surface area contributed by atoms with E-state index in [9.17, 15) is 0 Å². The minimum absolute atomic E-state index is 0.0279. The van der Waals surface area contributed by atoms with Crippen LogP contribution in [0, 0.1) is 0 Å². The zero-order valence-corrected chi connectivity index (χ0v) is 9.61. The smallest absolute Gasteiger partial charge is 0.154 e. The lowest BCUT2D eigenvalue weighted by Crippen LogP contribution is -2.11. The lowest BCUT2D eigenvalue weighted by atomic mass is 9.89. The molecule has 1 saturated carbocycles. The summed E-state index contributed by atoms with van der Waals surface area (Å²) in [6.45, 7) is 1.95. The van der Waals surface area contributed by atoms with Gasteiger partial charge in [0.2, 0.25) is 0 Å². The summed E-state index contributed by atoms with van der Waals surface area (Å²) < 4.78 is 1.83. The first kappa shape index (κ1) is 10.6. The first-order chi connectivity index (χ1) is 7.18. The van der Waals surface area contributed by atoms with Crippen LogP contribution in [0.15, 0.2) is 0 Å². The summed E-state index contributed by atoms with van der Waals surface area (Å²) >= 11 is 0. The van der Waals surface area contributed by atoms with Gasteiger partial charge in [-0.1, -0.05) is 19.3 Å². The molecule has 1 heterocycles. The zero-order valence-electron chi connectivity index (χ0n) is 9.61. The molecule has 0 aromatic carbocycles. The van der Waals surface area contributed by atoms with Crippen molar-refractivity contribution >= 4 is 0 Å². The maximum atomic E-state index is 5.83. The van der Waals surface area contributed by atoms with Gasteiger partial charge in [0, 0.05) is 13.0 Å². The summed E-state index contributed by atoms with van der Waals surface area (Å²) in [7, 11) is 1.93. The summed E-state index contributed by atoms with van der Waals surface area (Å²) in [4.78, 5) is 4.56. The first-order valence-electron chi connectivity index (χ1n) is 5.85. The number of aryl methyl sites for hydroxylation is 1. The summed E-state index contributed by atoms with van der Waals surface area (Å²) in [5, 5.41) is 4.48. The van der Waals surface area contributed by atoms with Crippen molar-refractivity contribution in [2.45, 2.75) is 51.0 Å². The third kappa shape index (κ3) is 2.20. The van der Waals surface area contributed by atoms with Gasteiger partial charge in [0.1, 0.15) is 5.82 Å². The van der Waals surface area contributed by atoms with E-state index < -0.39 is 0 Å². The Morgan fingerprint density at radius 3 is 2.53 bits per heavy atom. The van der Waals surface area contributed by atoms with Crippen LogP contribution in [-0.2, 0) is 7.05 Å². The second-order valence-electron chi connectivity index (χ2n) is 4.58. The summed E-state index contributed by atoms with van der Waals surface area (Å²) in [6.07, 6.45) is 6.47. The number of rotatable bonds is 2. The molecule has 4 nitrogen and oxygen atoms in total. The molecule has 0 saturated heterocycles. The van der Waals surface area contributed by atoms with Crippen molar-refractivity contribution in [1.82, 2.24) is 14.8 Å². The van der Waals surface area contributed by atoms with Gasteiger partial charge in [-0.3, -0.25) is 4.68 Å². The fourth-order valence-electron chi connectivity index (χ4n) is 2.35. The second kappa shape index (κ2) is 4.31. The van der Waals surface area contributed by atoms with Crippen molar-refractivity contribution in [2.75, 3.05) is 0 Å². The number of aromatic nitrogens is 3. The molecular formula is C11H20N4. The maximum Gasteiger partial charge on any atom is 0.154 e. The van der Waals surface area contributed by atoms with Gasteiger partial charge in [0.05, 0.1) is 6.04 Å². The molecule has 1 aliphatic carbocycles. The minimum Gasteiger partial charge on any atom is -0.322 e. The van der Waals surface area contributed by atoms with E-state index in [0.29, 0.717) is 5.92 Å². The van der Waals surface area contributed by atoms with Gasteiger partial charge in [-0.05, 0) is 19.8 Å². The second-order valence-corrected chi connectivity index (χ2v) is 4.58. The van der Waals surface area contributed by atoms with Gasteiger partial charge >= 0.3 is 0 Å². The lowest BCUT2D eigenvalue weighted by Gasteiger charge is -2.18. The van der Waals surface area contributed by atoms with Gasteiger partial charge < -0.3 is 5.73 Å². The molecule has 1 aliphatic rings. The Hall–Kier alpha value is -0.900. The van der Waals surface area contributed by atoms with Crippen LogP contribution in [0.3, 0.4) is 0 Å². The first-order valence-corrected chi connectivity index (χ1v) is 5.85. The standard InChI is InChI=1S/C11H20N4/c1-8(12)11-13-10(14-15(11)2)9-6-4-3-5-7-9/h8-9H,3-7,12H2,1-2H3. The molecule has 0 radical (unpaired) electrons. The van der Waals surface area contributed by atoms with Crippen molar-refractivity contribution in [1.29, 1.82) is 0 Å². The SMILES string of the molecule is CC(N)c1nc(C2CCCCC2)nn1C. The third-order valence-electron chi connectivity index (χ3n) is 3.19. The van der Waals surface area contributed by atoms with E-state index >= 15 is 0 Å². The van der Waals surface area contributed by atoms with Gasteiger partial charge in [0.25, 0.3) is 0 Å². The number of hydrogen-bond acceptors (Lipinski definition) is 3. The molecule has 1 fully saturated rings. The van der Waals surface area contributed by atoms with Crippen molar-refractivity contribution in [3.05, 3.63) is 11.6 Å². The highest BCUT2D eigenvalue weighted by molar-refractivity contribution is 5.02. The molecule has 1 atom stereocenters. The quantitative estimate of drug-likeness (QED) is 0.807. The molecule has 0 aliphatic heterocycles. The van der Waals surface area contributed by atoms with Crippen molar-refractivity contribution in [2.24, 2.45) is 12.8 Å². The molecule has 0 bridgehead atoms. The van der Waals surface area contributed by atoms with Gasteiger partial charge in [-0.25, -0.2) is 4.98 Å². The molecule has 0 spiro atoms.